The second-order valence-corrected chi connectivity index (χ2v) is 8.53. The van der Waals surface area contributed by atoms with Crippen LogP contribution in [0.1, 0.15) is 31.4 Å². The SMILES string of the molecule is CN=C(NCCCn1cccn1)NCc1ccccc1CS(=O)(=O)NC(C)C.I. The smallest absolute Gasteiger partial charge is 0.216 e. The van der Waals surface area contributed by atoms with Crippen LogP contribution < -0.4 is 15.4 Å². The molecule has 2 rings (SSSR count). The number of benzene rings is 1. The van der Waals surface area contributed by atoms with Gasteiger partial charge in [0.25, 0.3) is 0 Å². The Bertz CT molecular complexity index is 853. The standard InChI is InChI=1S/C19H30N6O2S.HI/c1-16(2)24-28(26,27)15-18-9-5-4-8-17(18)14-22-19(20-3)21-10-6-12-25-13-7-11-23-25;/h4-5,7-9,11,13,16,24H,6,10,12,14-15H2,1-3H3,(H2,20,21,22);1H. The van der Waals surface area contributed by atoms with Crippen molar-refractivity contribution in [3.05, 3.63) is 53.9 Å². The highest BCUT2D eigenvalue weighted by molar-refractivity contribution is 14.0. The summed E-state index contributed by atoms with van der Waals surface area (Å²) in [4.78, 5) is 4.22. The Kier molecular flexibility index (Phi) is 11.2. The quantitative estimate of drug-likeness (QED) is 0.188. The van der Waals surface area contributed by atoms with Crippen molar-refractivity contribution in [2.24, 2.45) is 4.99 Å². The minimum atomic E-state index is -3.37. The van der Waals surface area contributed by atoms with Crippen molar-refractivity contribution >= 4 is 40.0 Å². The molecular weight excluding hydrogens is 503 g/mol. The van der Waals surface area contributed by atoms with Crippen molar-refractivity contribution in [1.82, 2.24) is 25.1 Å². The van der Waals surface area contributed by atoms with Gasteiger partial charge in [0.05, 0.1) is 5.75 Å². The number of nitrogens with one attached hydrogen (secondary N) is 3. The van der Waals surface area contributed by atoms with Gasteiger partial charge in [-0.15, -0.1) is 24.0 Å². The van der Waals surface area contributed by atoms with E-state index in [0.717, 1.165) is 30.6 Å². The number of hydrogen-bond acceptors (Lipinski definition) is 4. The highest BCUT2D eigenvalue weighted by atomic mass is 127. The van der Waals surface area contributed by atoms with Crippen LogP contribution in [0.15, 0.2) is 47.7 Å². The van der Waals surface area contributed by atoms with E-state index in [2.05, 4.69) is 25.4 Å². The molecular formula is C19H31IN6O2S. The number of guanidine groups is 1. The molecule has 29 heavy (non-hydrogen) atoms. The van der Waals surface area contributed by atoms with Crippen LogP contribution in [-0.2, 0) is 28.9 Å². The summed E-state index contributed by atoms with van der Waals surface area (Å²) in [5.41, 5.74) is 1.70. The summed E-state index contributed by atoms with van der Waals surface area (Å²) in [6.07, 6.45) is 4.62. The third-order valence-electron chi connectivity index (χ3n) is 3.96. The Labute approximate surface area is 190 Å². The number of nitrogens with zero attached hydrogens (tertiary/aromatic N) is 3. The molecule has 1 aromatic heterocycles. The molecule has 3 N–H and O–H groups in total. The van der Waals surface area contributed by atoms with E-state index in [0.29, 0.717) is 12.5 Å². The number of sulfonamides is 1. The molecule has 0 bridgehead atoms. The highest BCUT2D eigenvalue weighted by Gasteiger charge is 2.15. The predicted octanol–water partition coefficient (Wildman–Crippen LogP) is 2.08. The second-order valence-electron chi connectivity index (χ2n) is 6.78. The van der Waals surface area contributed by atoms with Crippen LogP contribution in [0.4, 0.5) is 0 Å². The first-order chi connectivity index (χ1) is 13.4. The first-order valence-corrected chi connectivity index (χ1v) is 11.0. The van der Waals surface area contributed by atoms with Gasteiger partial charge in [-0.1, -0.05) is 24.3 Å². The van der Waals surface area contributed by atoms with Gasteiger partial charge in [-0.2, -0.15) is 5.10 Å². The molecule has 0 aliphatic heterocycles. The molecule has 1 heterocycles. The fraction of sp³-hybridized carbons (Fsp3) is 0.474. The fourth-order valence-corrected chi connectivity index (χ4v) is 4.25. The normalized spacial score (nSPS) is 11.9. The van der Waals surface area contributed by atoms with E-state index in [1.165, 1.54) is 0 Å². The monoisotopic (exact) mass is 534 g/mol. The first-order valence-electron chi connectivity index (χ1n) is 9.38. The average Bonchev–Trinajstić information content (AvgIpc) is 3.14. The highest BCUT2D eigenvalue weighted by Crippen LogP contribution is 2.12. The second kappa shape index (κ2) is 12.8. The zero-order valence-electron chi connectivity index (χ0n) is 17.1. The van der Waals surface area contributed by atoms with Crippen molar-refractivity contribution in [3.8, 4) is 0 Å². The van der Waals surface area contributed by atoms with Crippen LogP contribution in [0.25, 0.3) is 0 Å². The molecule has 10 heteroatoms. The molecule has 162 valence electrons. The Hall–Kier alpha value is -1.66. The van der Waals surface area contributed by atoms with Gasteiger partial charge in [0, 0.05) is 45.1 Å². The van der Waals surface area contributed by atoms with E-state index in [-0.39, 0.29) is 35.8 Å². The van der Waals surface area contributed by atoms with Gasteiger partial charge in [-0.25, -0.2) is 13.1 Å². The van der Waals surface area contributed by atoms with Crippen LogP contribution in [0.5, 0.6) is 0 Å². The van der Waals surface area contributed by atoms with Crippen molar-refractivity contribution in [2.45, 2.75) is 45.2 Å². The van der Waals surface area contributed by atoms with Gasteiger partial charge in [-0.3, -0.25) is 9.67 Å². The Balaban J connectivity index is 0.00000420. The van der Waals surface area contributed by atoms with Gasteiger partial charge in [0.2, 0.25) is 10.0 Å². The minimum Gasteiger partial charge on any atom is -0.356 e. The largest absolute Gasteiger partial charge is 0.356 e. The maximum absolute atomic E-state index is 12.3. The average molecular weight is 534 g/mol. The fourth-order valence-electron chi connectivity index (χ4n) is 2.76. The van der Waals surface area contributed by atoms with Crippen LogP contribution >= 0.6 is 24.0 Å². The molecule has 0 atom stereocenters. The summed E-state index contributed by atoms with van der Waals surface area (Å²) in [6, 6.07) is 9.31. The molecule has 0 aliphatic carbocycles. The first kappa shape index (κ1) is 25.4. The number of aliphatic imine (C=N–C) groups is 1. The van der Waals surface area contributed by atoms with E-state index >= 15 is 0 Å². The van der Waals surface area contributed by atoms with E-state index in [1.807, 2.05) is 55.1 Å². The Morgan fingerprint density at radius 3 is 2.52 bits per heavy atom. The molecule has 0 amide bonds. The third-order valence-corrected chi connectivity index (χ3v) is 5.49. The maximum Gasteiger partial charge on any atom is 0.216 e. The minimum absolute atomic E-state index is 0. The zero-order chi connectivity index (χ0) is 20.4. The molecule has 1 aromatic carbocycles. The molecule has 8 nitrogen and oxygen atoms in total. The summed E-state index contributed by atoms with van der Waals surface area (Å²) in [7, 11) is -1.66. The topological polar surface area (TPSA) is 100 Å². The summed E-state index contributed by atoms with van der Waals surface area (Å²) < 4.78 is 29.0. The molecule has 2 aromatic rings. The Morgan fingerprint density at radius 2 is 1.90 bits per heavy atom. The number of aromatic nitrogens is 2. The number of rotatable bonds is 10. The number of halogens is 1. The lowest BCUT2D eigenvalue weighted by molar-refractivity contribution is 0.568. The van der Waals surface area contributed by atoms with Gasteiger partial charge < -0.3 is 10.6 Å². The van der Waals surface area contributed by atoms with Crippen molar-refractivity contribution in [2.75, 3.05) is 13.6 Å². The lowest BCUT2D eigenvalue weighted by Crippen LogP contribution is -2.38. The van der Waals surface area contributed by atoms with Crippen molar-refractivity contribution < 1.29 is 8.42 Å². The zero-order valence-corrected chi connectivity index (χ0v) is 20.3. The molecule has 0 saturated heterocycles. The molecule has 0 saturated carbocycles. The van der Waals surface area contributed by atoms with E-state index in [9.17, 15) is 8.42 Å². The van der Waals surface area contributed by atoms with Crippen molar-refractivity contribution in [3.63, 3.8) is 0 Å². The molecule has 0 aliphatic rings. The van der Waals surface area contributed by atoms with E-state index < -0.39 is 10.0 Å². The predicted molar refractivity (Wildman–Crippen MR) is 128 cm³/mol. The van der Waals surface area contributed by atoms with Crippen LogP contribution in [0, 0.1) is 0 Å². The van der Waals surface area contributed by atoms with Crippen LogP contribution in [-0.4, -0.2) is 43.8 Å². The lowest BCUT2D eigenvalue weighted by Gasteiger charge is -2.15. The van der Waals surface area contributed by atoms with Crippen LogP contribution in [0.2, 0.25) is 0 Å². The van der Waals surface area contributed by atoms with Crippen LogP contribution in [0.3, 0.4) is 0 Å². The molecule has 0 spiro atoms. The van der Waals surface area contributed by atoms with Gasteiger partial charge in [0.15, 0.2) is 5.96 Å². The molecule has 0 fully saturated rings. The Morgan fingerprint density at radius 1 is 1.17 bits per heavy atom. The maximum atomic E-state index is 12.3. The summed E-state index contributed by atoms with van der Waals surface area (Å²) in [6.45, 7) is 5.71. The summed E-state index contributed by atoms with van der Waals surface area (Å²) >= 11 is 0. The van der Waals surface area contributed by atoms with Crippen molar-refractivity contribution in [1.29, 1.82) is 0 Å². The number of aryl methyl sites for hydroxylation is 1. The third kappa shape index (κ3) is 9.59. The van der Waals surface area contributed by atoms with Gasteiger partial charge in [0.1, 0.15) is 0 Å². The van der Waals surface area contributed by atoms with E-state index in [1.54, 1.807) is 13.2 Å². The molecule has 0 radical (unpaired) electrons. The summed E-state index contributed by atoms with van der Waals surface area (Å²) in [5, 5.41) is 10.7. The van der Waals surface area contributed by atoms with E-state index in [4.69, 9.17) is 0 Å². The summed E-state index contributed by atoms with van der Waals surface area (Å²) in [5.74, 6) is 0.636. The molecule has 0 unspecified atom stereocenters. The van der Waals surface area contributed by atoms with Gasteiger partial charge >= 0.3 is 0 Å². The number of hydrogen-bond donors (Lipinski definition) is 3. The van der Waals surface area contributed by atoms with Gasteiger partial charge in [-0.05, 0) is 37.5 Å². The lowest BCUT2D eigenvalue weighted by atomic mass is 10.1.